The van der Waals surface area contributed by atoms with Crippen LogP contribution in [0.1, 0.15) is 54.2 Å². The Bertz CT molecular complexity index is 2010. The van der Waals surface area contributed by atoms with Gasteiger partial charge in [-0.3, -0.25) is 0 Å². The molecule has 0 spiro atoms. The number of para-hydroxylation sites is 1. The van der Waals surface area contributed by atoms with E-state index in [0.717, 1.165) is 29.2 Å². The normalized spacial score (nSPS) is 11.4. The Morgan fingerprint density at radius 2 is 0.979 bits per heavy atom. The van der Waals surface area contributed by atoms with Gasteiger partial charge in [-0.2, -0.15) is 0 Å². The van der Waals surface area contributed by atoms with Crippen molar-refractivity contribution in [2.45, 2.75) is 61.8 Å². The second-order valence-electron chi connectivity index (χ2n) is 14.4. The second-order valence-corrected chi connectivity index (χ2v) is 14.4. The zero-order chi connectivity index (χ0) is 34.0. The molecule has 0 aliphatic carbocycles. The van der Waals surface area contributed by atoms with Crippen molar-refractivity contribution < 1.29 is 0 Å². The smallest absolute Gasteiger partial charge is 0.0493 e. The van der Waals surface area contributed by atoms with Gasteiger partial charge in [0.2, 0.25) is 0 Å². The van der Waals surface area contributed by atoms with Gasteiger partial charge < -0.3 is 9.80 Å². The van der Waals surface area contributed by atoms with Crippen LogP contribution < -0.4 is 9.80 Å². The number of hydrogen-bond donors (Lipinski definition) is 0. The minimum Gasteiger partial charge on any atom is -0.310 e. The molecule has 242 valence electrons. The maximum atomic E-state index is 2.44. The van der Waals surface area contributed by atoms with E-state index in [9.17, 15) is 0 Å². The first-order chi connectivity index (χ1) is 23.0. The molecule has 6 aromatic rings. The average Bonchev–Trinajstić information content (AvgIpc) is 3.07. The summed E-state index contributed by atoms with van der Waals surface area (Å²) >= 11 is 0. The van der Waals surface area contributed by atoms with E-state index < -0.39 is 0 Å². The summed E-state index contributed by atoms with van der Waals surface area (Å²) in [6.07, 6.45) is 1.06. The highest BCUT2D eigenvalue weighted by Gasteiger charge is 2.21. The lowest BCUT2D eigenvalue weighted by atomic mass is 9.85. The number of benzene rings is 6. The predicted molar refractivity (Wildman–Crippen MR) is 208 cm³/mol. The summed E-state index contributed by atoms with van der Waals surface area (Å²) in [6.45, 7) is 18.1. The molecule has 0 fully saturated rings. The van der Waals surface area contributed by atoms with E-state index >= 15 is 0 Å². The molecule has 0 N–H and O–H groups in total. The first-order valence-corrected chi connectivity index (χ1v) is 17.1. The molecule has 0 amide bonds. The van der Waals surface area contributed by atoms with E-state index in [1.54, 1.807) is 0 Å². The highest BCUT2D eigenvalue weighted by Crippen LogP contribution is 2.42. The highest BCUT2D eigenvalue weighted by molar-refractivity contribution is 5.83. The monoisotopic (exact) mass is 628 g/mol. The van der Waals surface area contributed by atoms with Crippen molar-refractivity contribution in [2.75, 3.05) is 9.80 Å². The average molecular weight is 629 g/mol. The predicted octanol–water partition coefficient (Wildman–Crippen LogP) is 13.4. The Morgan fingerprint density at radius 1 is 0.438 bits per heavy atom. The zero-order valence-corrected chi connectivity index (χ0v) is 29.8. The maximum Gasteiger partial charge on any atom is 0.0493 e. The molecule has 48 heavy (non-hydrogen) atoms. The first kappa shape index (κ1) is 32.8. The van der Waals surface area contributed by atoms with E-state index in [0.29, 0.717) is 0 Å². The molecule has 0 unspecified atom stereocenters. The number of anilines is 6. The second kappa shape index (κ2) is 13.6. The summed E-state index contributed by atoms with van der Waals surface area (Å²) in [5, 5.41) is 0. The van der Waals surface area contributed by atoms with Gasteiger partial charge in [0.15, 0.2) is 0 Å². The molecule has 0 saturated carbocycles. The molecule has 6 aromatic carbocycles. The van der Waals surface area contributed by atoms with Gasteiger partial charge in [-0.15, -0.1) is 0 Å². The fourth-order valence-electron chi connectivity index (χ4n) is 6.65. The summed E-state index contributed by atoms with van der Waals surface area (Å²) in [7, 11) is 0. The van der Waals surface area contributed by atoms with Gasteiger partial charge in [-0.1, -0.05) is 93.6 Å². The van der Waals surface area contributed by atoms with Crippen molar-refractivity contribution in [3.63, 3.8) is 0 Å². The summed E-state index contributed by atoms with van der Waals surface area (Å²) in [6, 6.07) is 48.5. The minimum atomic E-state index is 0.236. The third-order valence-electron chi connectivity index (χ3n) is 9.51. The van der Waals surface area contributed by atoms with Crippen LogP contribution in [-0.4, -0.2) is 0 Å². The third kappa shape index (κ3) is 6.94. The van der Waals surface area contributed by atoms with Crippen LogP contribution in [0.2, 0.25) is 0 Å². The summed E-state index contributed by atoms with van der Waals surface area (Å²) in [4.78, 5) is 4.76. The van der Waals surface area contributed by atoms with E-state index in [1.807, 2.05) is 0 Å². The van der Waals surface area contributed by atoms with Gasteiger partial charge in [0.05, 0.1) is 0 Å². The van der Waals surface area contributed by atoms with Gasteiger partial charge >= 0.3 is 0 Å². The molecular weight excluding hydrogens is 581 g/mol. The molecule has 0 radical (unpaired) electrons. The van der Waals surface area contributed by atoms with Gasteiger partial charge in [0.25, 0.3) is 0 Å². The molecule has 0 heterocycles. The fourth-order valence-corrected chi connectivity index (χ4v) is 6.65. The van der Waals surface area contributed by atoms with Gasteiger partial charge in [-0.05, 0) is 152 Å². The van der Waals surface area contributed by atoms with Crippen LogP contribution in [0.15, 0.2) is 133 Å². The molecule has 0 aliphatic heterocycles. The lowest BCUT2D eigenvalue weighted by molar-refractivity contribution is 0.410. The summed E-state index contributed by atoms with van der Waals surface area (Å²) in [5.41, 5.74) is 17.6. The van der Waals surface area contributed by atoms with Crippen molar-refractivity contribution >= 4 is 34.1 Å². The molecule has 0 atom stereocenters. The van der Waals surface area contributed by atoms with Crippen molar-refractivity contribution in [3.05, 3.63) is 167 Å². The lowest BCUT2D eigenvalue weighted by Gasteiger charge is -2.31. The van der Waals surface area contributed by atoms with Gasteiger partial charge in [0.1, 0.15) is 0 Å². The number of hydrogen-bond acceptors (Lipinski definition) is 2. The molecular formula is C46H48N2. The van der Waals surface area contributed by atoms with Crippen LogP contribution in [0.3, 0.4) is 0 Å². The largest absolute Gasteiger partial charge is 0.310 e. The molecule has 0 saturated heterocycles. The Hall–Kier alpha value is -5.08. The SMILES string of the molecule is Cc1cccc(N(c2ccccc2)c2ccc(-c3ccc(N(c4cccc(C)c4C)c4ccc(CC(C)(C)C)c(C)c4C)cc3)cc2)c1. The molecule has 2 heteroatoms. The molecule has 6 rings (SSSR count). The summed E-state index contributed by atoms with van der Waals surface area (Å²) < 4.78 is 0. The van der Waals surface area contributed by atoms with E-state index in [2.05, 4.69) is 199 Å². The molecule has 0 aliphatic rings. The maximum absolute atomic E-state index is 2.44. The van der Waals surface area contributed by atoms with Gasteiger partial charge in [-0.25, -0.2) is 0 Å². The quantitative estimate of drug-likeness (QED) is 0.165. The zero-order valence-electron chi connectivity index (χ0n) is 29.8. The van der Waals surface area contributed by atoms with Crippen LogP contribution in [-0.2, 0) is 6.42 Å². The minimum absolute atomic E-state index is 0.236. The molecule has 0 bridgehead atoms. The topological polar surface area (TPSA) is 6.48 Å². The van der Waals surface area contributed by atoms with Crippen molar-refractivity contribution in [2.24, 2.45) is 5.41 Å². The third-order valence-corrected chi connectivity index (χ3v) is 9.51. The number of nitrogens with zero attached hydrogens (tertiary/aromatic N) is 2. The Kier molecular flexibility index (Phi) is 9.29. The number of aryl methyl sites for hydroxylation is 2. The van der Waals surface area contributed by atoms with E-state index in [4.69, 9.17) is 0 Å². The van der Waals surface area contributed by atoms with Crippen molar-refractivity contribution in [3.8, 4) is 11.1 Å². The van der Waals surface area contributed by atoms with E-state index in [-0.39, 0.29) is 5.41 Å². The van der Waals surface area contributed by atoms with Crippen LogP contribution in [0.4, 0.5) is 34.1 Å². The van der Waals surface area contributed by atoms with Crippen LogP contribution in [0.25, 0.3) is 11.1 Å². The first-order valence-electron chi connectivity index (χ1n) is 17.1. The summed E-state index contributed by atoms with van der Waals surface area (Å²) in [5.74, 6) is 0. The van der Waals surface area contributed by atoms with Crippen LogP contribution >= 0.6 is 0 Å². The lowest BCUT2D eigenvalue weighted by Crippen LogP contribution is -2.15. The Balaban J connectivity index is 1.36. The standard InChI is InChI=1S/C46H48N2/c1-32-14-12-18-43(30-32)47(40-16-10-9-11-17-40)41-25-20-37(21-26-41)38-22-27-42(28-23-38)48(44-19-13-15-33(2)34(44)3)45-29-24-39(31-46(6,7)8)35(4)36(45)5/h9-30H,31H2,1-8H3. The van der Waals surface area contributed by atoms with Crippen LogP contribution in [0, 0.1) is 40.0 Å². The van der Waals surface area contributed by atoms with Crippen molar-refractivity contribution in [1.82, 2.24) is 0 Å². The van der Waals surface area contributed by atoms with E-state index in [1.165, 1.54) is 55.9 Å². The van der Waals surface area contributed by atoms with Gasteiger partial charge in [0, 0.05) is 34.1 Å². The fraction of sp³-hybridized carbons (Fsp3) is 0.217. The Labute approximate surface area is 288 Å². The molecule has 2 nitrogen and oxygen atoms in total. The highest BCUT2D eigenvalue weighted by atomic mass is 15.1. The van der Waals surface area contributed by atoms with Crippen LogP contribution in [0.5, 0.6) is 0 Å². The molecule has 0 aromatic heterocycles. The number of rotatable bonds is 8. The van der Waals surface area contributed by atoms with Crippen molar-refractivity contribution in [1.29, 1.82) is 0 Å². The Morgan fingerprint density at radius 3 is 1.58 bits per heavy atom.